The summed E-state index contributed by atoms with van der Waals surface area (Å²) in [5, 5.41) is 12.8. The van der Waals surface area contributed by atoms with Crippen LogP contribution in [0.2, 0.25) is 0 Å². The molecule has 0 spiro atoms. The van der Waals surface area contributed by atoms with Gasteiger partial charge in [0.2, 0.25) is 0 Å². The normalized spacial score (nSPS) is 17.0. The molecule has 1 aromatic carbocycles. The Morgan fingerprint density at radius 3 is 2.71 bits per heavy atom. The lowest BCUT2D eigenvalue weighted by Crippen LogP contribution is -2.44. The zero-order valence-electron chi connectivity index (χ0n) is 12.8. The molecule has 21 heavy (non-hydrogen) atoms. The van der Waals surface area contributed by atoms with E-state index in [1.54, 1.807) is 7.11 Å². The second kappa shape index (κ2) is 7.87. The van der Waals surface area contributed by atoms with E-state index in [0.717, 1.165) is 38.2 Å². The van der Waals surface area contributed by atoms with Gasteiger partial charge in [-0.15, -0.1) is 0 Å². The van der Waals surface area contributed by atoms with Gasteiger partial charge in [0.15, 0.2) is 11.5 Å². The first kappa shape index (κ1) is 15.6. The molecule has 1 aliphatic rings. The predicted molar refractivity (Wildman–Crippen MR) is 81.6 cm³/mol. The molecular weight excluding hydrogens is 266 g/mol. The first-order chi connectivity index (χ1) is 10.3. The van der Waals surface area contributed by atoms with Crippen molar-refractivity contribution in [2.24, 2.45) is 0 Å². The molecule has 2 rings (SSSR count). The Morgan fingerprint density at radius 1 is 1.33 bits per heavy atom. The third-order valence-electron chi connectivity index (χ3n) is 3.60. The minimum atomic E-state index is -0.234. The molecule has 0 aromatic heterocycles. The summed E-state index contributed by atoms with van der Waals surface area (Å²) < 4.78 is 11.1. The molecule has 0 radical (unpaired) electrons. The number of ether oxygens (including phenoxy) is 2. The van der Waals surface area contributed by atoms with Crippen molar-refractivity contribution in [2.75, 3.05) is 39.9 Å². The molecule has 1 heterocycles. The van der Waals surface area contributed by atoms with E-state index in [2.05, 4.69) is 23.2 Å². The molecule has 114 valence electrons. The molecule has 1 aliphatic heterocycles. The molecule has 1 atom stereocenters. The van der Waals surface area contributed by atoms with Crippen LogP contribution in [0.25, 0.3) is 0 Å². The van der Waals surface area contributed by atoms with Gasteiger partial charge in [-0.3, -0.25) is 4.90 Å². The lowest BCUT2D eigenvalue weighted by atomic mass is 10.0. The number of benzene rings is 1. The van der Waals surface area contributed by atoms with E-state index in [4.69, 9.17) is 9.47 Å². The third kappa shape index (κ3) is 3.87. The Bertz CT molecular complexity index is 493. The standard InChI is InChI=1S/C16H23N3O2/c1-3-10-21-16-11-13(4-5-15(16)20-2)14(12-17)19-8-6-18-7-9-19/h4-5,11,14,18H,3,6-10H2,1-2H3. The van der Waals surface area contributed by atoms with Crippen molar-refractivity contribution >= 4 is 0 Å². The molecular formula is C16H23N3O2. The number of nitrogens with zero attached hydrogens (tertiary/aromatic N) is 2. The predicted octanol–water partition coefficient (Wildman–Crippen LogP) is 1.95. The zero-order valence-corrected chi connectivity index (χ0v) is 12.8. The highest BCUT2D eigenvalue weighted by Crippen LogP contribution is 2.32. The van der Waals surface area contributed by atoms with Crippen molar-refractivity contribution in [1.29, 1.82) is 5.26 Å². The van der Waals surface area contributed by atoms with Crippen LogP contribution in [-0.2, 0) is 0 Å². The topological polar surface area (TPSA) is 57.5 Å². The Labute approximate surface area is 126 Å². The molecule has 1 unspecified atom stereocenters. The smallest absolute Gasteiger partial charge is 0.161 e. The number of methoxy groups -OCH3 is 1. The van der Waals surface area contributed by atoms with E-state index in [1.165, 1.54) is 0 Å². The largest absolute Gasteiger partial charge is 0.493 e. The van der Waals surface area contributed by atoms with Gasteiger partial charge in [-0.2, -0.15) is 5.26 Å². The minimum Gasteiger partial charge on any atom is -0.493 e. The van der Waals surface area contributed by atoms with Crippen molar-refractivity contribution in [3.05, 3.63) is 23.8 Å². The summed E-state index contributed by atoms with van der Waals surface area (Å²) in [6, 6.07) is 7.95. The van der Waals surface area contributed by atoms with Crippen molar-refractivity contribution in [1.82, 2.24) is 10.2 Å². The van der Waals surface area contributed by atoms with Gasteiger partial charge in [0.25, 0.3) is 0 Å². The average Bonchev–Trinajstić information content (AvgIpc) is 2.55. The Kier molecular flexibility index (Phi) is 5.85. The summed E-state index contributed by atoms with van der Waals surface area (Å²) >= 11 is 0. The van der Waals surface area contributed by atoms with Gasteiger partial charge in [0.05, 0.1) is 19.8 Å². The van der Waals surface area contributed by atoms with Crippen LogP contribution in [0.1, 0.15) is 24.9 Å². The zero-order chi connectivity index (χ0) is 15.1. The third-order valence-corrected chi connectivity index (χ3v) is 3.60. The van der Waals surface area contributed by atoms with Gasteiger partial charge in [0.1, 0.15) is 6.04 Å². The van der Waals surface area contributed by atoms with Gasteiger partial charge in [-0.05, 0) is 24.1 Å². The number of rotatable bonds is 6. The SMILES string of the molecule is CCCOc1cc(C(C#N)N2CCNCC2)ccc1OC. The number of piperazine rings is 1. The van der Waals surface area contributed by atoms with Gasteiger partial charge in [-0.1, -0.05) is 13.0 Å². The van der Waals surface area contributed by atoms with Gasteiger partial charge >= 0.3 is 0 Å². The van der Waals surface area contributed by atoms with Crippen LogP contribution >= 0.6 is 0 Å². The summed E-state index contributed by atoms with van der Waals surface area (Å²) in [5.74, 6) is 1.43. The molecule has 0 bridgehead atoms. The number of nitriles is 1. The van der Waals surface area contributed by atoms with E-state index in [0.29, 0.717) is 18.1 Å². The highest BCUT2D eigenvalue weighted by Gasteiger charge is 2.22. The molecule has 1 fully saturated rings. The van der Waals surface area contributed by atoms with Crippen LogP contribution < -0.4 is 14.8 Å². The average molecular weight is 289 g/mol. The Hall–Kier alpha value is -1.77. The molecule has 1 N–H and O–H groups in total. The second-order valence-corrected chi connectivity index (χ2v) is 5.08. The number of nitrogens with one attached hydrogen (secondary N) is 1. The van der Waals surface area contributed by atoms with Crippen LogP contribution in [0.3, 0.4) is 0 Å². The van der Waals surface area contributed by atoms with Crippen molar-refractivity contribution in [2.45, 2.75) is 19.4 Å². The Morgan fingerprint density at radius 2 is 2.10 bits per heavy atom. The summed E-state index contributed by atoms with van der Waals surface area (Å²) in [7, 11) is 1.63. The highest BCUT2D eigenvalue weighted by atomic mass is 16.5. The van der Waals surface area contributed by atoms with E-state index in [-0.39, 0.29) is 6.04 Å². The van der Waals surface area contributed by atoms with E-state index < -0.39 is 0 Å². The fourth-order valence-corrected chi connectivity index (χ4v) is 2.50. The van der Waals surface area contributed by atoms with Gasteiger partial charge in [0, 0.05) is 26.2 Å². The van der Waals surface area contributed by atoms with Gasteiger partial charge < -0.3 is 14.8 Å². The monoisotopic (exact) mass is 289 g/mol. The van der Waals surface area contributed by atoms with Crippen molar-refractivity contribution in [3.63, 3.8) is 0 Å². The fourth-order valence-electron chi connectivity index (χ4n) is 2.50. The number of hydrogen-bond donors (Lipinski definition) is 1. The highest BCUT2D eigenvalue weighted by molar-refractivity contribution is 5.45. The van der Waals surface area contributed by atoms with E-state index in [9.17, 15) is 5.26 Å². The van der Waals surface area contributed by atoms with E-state index in [1.807, 2.05) is 18.2 Å². The summed E-state index contributed by atoms with van der Waals surface area (Å²) in [6.45, 7) is 6.33. The van der Waals surface area contributed by atoms with Crippen LogP contribution in [0.5, 0.6) is 11.5 Å². The lowest BCUT2D eigenvalue weighted by molar-refractivity contribution is 0.207. The van der Waals surface area contributed by atoms with Crippen LogP contribution in [0.15, 0.2) is 18.2 Å². The molecule has 1 saturated heterocycles. The fraction of sp³-hybridized carbons (Fsp3) is 0.562. The van der Waals surface area contributed by atoms with Crippen molar-refractivity contribution in [3.8, 4) is 17.6 Å². The first-order valence-electron chi connectivity index (χ1n) is 7.45. The number of hydrogen-bond acceptors (Lipinski definition) is 5. The minimum absolute atomic E-state index is 0.234. The maximum absolute atomic E-state index is 9.54. The molecule has 5 nitrogen and oxygen atoms in total. The Balaban J connectivity index is 2.22. The van der Waals surface area contributed by atoms with Crippen molar-refractivity contribution < 1.29 is 9.47 Å². The maximum atomic E-state index is 9.54. The maximum Gasteiger partial charge on any atom is 0.161 e. The lowest BCUT2D eigenvalue weighted by Gasteiger charge is -2.31. The van der Waals surface area contributed by atoms with Gasteiger partial charge in [-0.25, -0.2) is 0 Å². The summed E-state index contributed by atoms with van der Waals surface area (Å²) in [6.07, 6.45) is 0.937. The molecule has 5 heteroatoms. The second-order valence-electron chi connectivity index (χ2n) is 5.08. The van der Waals surface area contributed by atoms with E-state index >= 15 is 0 Å². The van der Waals surface area contributed by atoms with Crippen LogP contribution in [-0.4, -0.2) is 44.8 Å². The molecule has 0 saturated carbocycles. The summed E-state index contributed by atoms with van der Waals surface area (Å²) in [4.78, 5) is 2.20. The quantitative estimate of drug-likeness (QED) is 0.867. The van der Waals surface area contributed by atoms with Crippen LogP contribution in [0.4, 0.5) is 0 Å². The van der Waals surface area contributed by atoms with Crippen LogP contribution in [0, 0.1) is 11.3 Å². The molecule has 0 amide bonds. The first-order valence-corrected chi connectivity index (χ1v) is 7.45. The summed E-state index contributed by atoms with van der Waals surface area (Å²) in [5.41, 5.74) is 0.964. The molecule has 0 aliphatic carbocycles. The molecule has 1 aromatic rings.